The standard InChI is InChI=1S/C21H14FIN6O/c1-12(2)19-13(8-24)4-6-17(22)20(19)21(30)27-15-5-3-14-9-26-29(18(14)7-15)16-10-25-28(23)11-16/h3-7,9-11H,1H2,2H3,(H,27,30). The SMILES string of the molecule is C=C(C)c1c(C#N)ccc(F)c1C(=O)Nc1ccc2cnn(-c3cnn(I)c3)c2c1. The van der Waals surface area contributed by atoms with Gasteiger partial charge in [-0.2, -0.15) is 15.5 Å². The molecule has 0 unspecified atom stereocenters. The van der Waals surface area contributed by atoms with E-state index >= 15 is 0 Å². The first-order valence-corrected chi connectivity index (χ1v) is 9.74. The number of halogens is 2. The quantitative estimate of drug-likeness (QED) is 0.401. The molecule has 0 atom stereocenters. The van der Waals surface area contributed by atoms with E-state index in [9.17, 15) is 14.4 Å². The first kappa shape index (κ1) is 19.8. The second kappa shape index (κ2) is 7.72. The molecule has 148 valence electrons. The van der Waals surface area contributed by atoms with Gasteiger partial charge in [-0.25, -0.2) is 12.0 Å². The highest BCUT2D eigenvalue weighted by molar-refractivity contribution is 14.1. The molecule has 0 saturated heterocycles. The van der Waals surface area contributed by atoms with Crippen LogP contribution in [0.4, 0.5) is 10.1 Å². The molecular weight excluding hydrogens is 498 g/mol. The fourth-order valence-corrected chi connectivity index (χ4v) is 3.64. The lowest BCUT2D eigenvalue weighted by molar-refractivity contribution is 0.102. The lowest BCUT2D eigenvalue weighted by atomic mass is 9.95. The molecule has 4 rings (SSSR count). The number of hydrogen-bond acceptors (Lipinski definition) is 4. The van der Waals surface area contributed by atoms with Gasteiger partial charge in [-0.1, -0.05) is 6.58 Å². The van der Waals surface area contributed by atoms with E-state index < -0.39 is 11.7 Å². The number of nitrogens with zero attached hydrogens (tertiary/aromatic N) is 5. The highest BCUT2D eigenvalue weighted by Gasteiger charge is 2.21. The molecule has 1 N–H and O–H groups in total. The summed E-state index contributed by atoms with van der Waals surface area (Å²) in [5, 5.41) is 21.4. The molecule has 0 aliphatic rings. The first-order chi connectivity index (χ1) is 14.4. The van der Waals surface area contributed by atoms with Crippen LogP contribution in [0.5, 0.6) is 0 Å². The number of allylic oxidation sites excluding steroid dienone is 1. The van der Waals surface area contributed by atoms with Crippen molar-refractivity contribution in [2.75, 3.05) is 5.32 Å². The number of aromatic nitrogens is 4. The molecule has 0 aliphatic carbocycles. The smallest absolute Gasteiger partial charge is 0.259 e. The van der Waals surface area contributed by atoms with Crippen molar-refractivity contribution < 1.29 is 9.18 Å². The molecule has 4 aromatic rings. The molecule has 2 aromatic heterocycles. The van der Waals surface area contributed by atoms with Gasteiger partial charge in [0.25, 0.3) is 5.91 Å². The van der Waals surface area contributed by atoms with Crippen molar-refractivity contribution in [3.8, 4) is 11.8 Å². The number of hydrogen-bond donors (Lipinski definition) is 1. The monoisotopic (exact) mass is 512 g/mol. The molecule has 0 spiro atoms. The largest absolute Gasteiger partial charge is 0.322 e. The summed E-state index contributed by atoms with van der Waals surface area (Å²) in [4.78, 5) is 12.9. The fraction of sp³-hybridized carbons (Fsp3) is 0.0476. The van der Waals surface area contributed by atoms with Crippen molar-refractivity contribution in [1.29, 1.82) is 5.26 Å². The minimum absolute atomic E-state index is 0.193. The average Bonchev–Trinajstić information content (AvgIpc) is 3.33. The van der Waals surface area contributed by atoms with Crippen LogP contribution in [0.25, 0.3) is 22.2 Å². The topological polar surface area (TPSA) is 88.5 Å². The average molecular weight is 512 g/mol. The summed E-state index contributed by atoms with van der Waals surface area (Å²) >= 11 is 2.04. The number of benzene rings is 2. The zero-order valence-corrected chi connectivity index (χ0v) is 17.9. The predicted molar refractivity (Wildman–Crippen MR) is 120 cm³/mol. The van der Waals surface area contributed by atoms with E-state index in [1.165, 1.54) is 6.07 Å². The van der Waals surface area contributed by atoms with Crippen LogP contribution in [-0.4, -0.2) is 23.7 Å². The molecule has 2 heterocycles. The summed E-state index contributed by atoms with van der Waals surface area (Å²) in [5.74, 6) is -1.38. The van der Waals surface area contributed by atoms with E-state index in [0.717, 1.165) is 22.7 Å². The Hall–Kier alpha value is -3.52. The Morgan fingerprint density at radius 1 is 1.23 bits per heavy atom. The van der Waals surface area contributed by atoms with Crippen molar-refractivity contribution in [3.63, 3.8) is 0 Å². The molecule has 7 nitrogen and oxygen atoms in total. The molecule has 0 fully saturated rings. The Kier molecular flexibility index (Phi) is 5.09. The Bertz CT molecular complexity index is 1360. The first-order valence-electron chi connectivity index (χ1n) is 8.78. The van der Waals surface area contributed by atoms with Gasteiger partial charge < -0.3 is 5.32 Å². The van der Waals surface area contributed by atoms with Crippen LogP contribution in [-0.2, 0) is 0 Å². The highest BCUT2D eigenvalue weighted by Crippen LogP contribution is 2.27. The summed E-state index contributed by atoms with van der Waals surface area (Å²) in [6, 6.07) is 9.70. The molecule has 30 heavy (non-hydrogen) atoms. The van der Waals surface area contributed by atoms with Gasteiger partial charge in [0.2, 0.25) is 0 Å². The van der Waals surface area contributed by atoms with E-state index in [1.54, 1.807) is 45.2 Å². The van der Waals surface area contributed by atoms with E-state index in [4.69, 9.17) is 0 Å². The third-order valence-corrected chi connectivity index (χ3v) is 5.07. The molecule has 0 radical (unpaired) electrons. The third kappa shape index (κ3) is 3.46. The fourth-order valence-electron chi connectivity index (χ4n) is 3.23. The van der Waals surface area contributed by atoms with Gasteiger partial charge in [0.15, 0.2) is 0 Å². The van der Waals surface area contributed by atoms with Gasteiger partial charge in [-0.05, 0) is 42.8 Å². The highest BCUT2D eigenvalue weighted by atomic mass is 127. The Labute approximate surface area is 184 Å². The van der Waals surface area contributed by atoms with E-state index in [1.807, 2.05) is 35.0 Å². The van der Waals surface area contributed by atoms with Crippen LogP contribution in [0.1, 0.15) is 28.4 Å². The van der Waals surface area contributed by atoms with Crippen LogP contribution in [0.3, 0.4) is 0 Å². The maximum atomic E-state index is 14.5. The maximum absolute atomic E-state index is 14.5. The molecule has 0 aliphatic heterocycles. The molecule has 9 heteroatoms. The Morgan fingerprint density at radius 3 is 2.70 bits per heavy atom. The Morgan fingerprint density at radius 2 is 2.03 bits per heavy atom. The molecule has 0 bridgehead atoms. The number of carbonyl (C=O) groups is 1. The second-order valence-corrected chi connectivity index (χ2v) is 7.60. The minimum Gasteiger partial charge on any atom is -0.322 e. The lowest BCUT2D eigenvalue weighted by Crippen LogP contribution is -2.17. The molecule has 0 saturated carbocycles. The Balaban J connectivity index is 1.74. The van der Waals surface area contributed by atoms with Crippen molar-refractivity contribution in [3.05, 3.63) is 78.0 Å². The van der Waals surface area contributed by atoms with Gasteiger partial charge in [0.1, 0.15) is 11.5 Å². The van der Waals surface area contributed by atoms with Gasteiger partial charge >= 0.3 is 0 Å². The molecular formula is C21H14FIN6O. The van der Waals surface area contributed by atoms with Crippen molar-refractivity contribution in [1.82, 2.24) is 17.8 Å². The number of nitriles is 1. The minimum atomic E-state index is -0.718. The summed E-state index contributed by atoms with van der Waals surface area (Å²) in [6.45, 7) is 5.42. The number of anilines is 1. The summed E-state index contributed by atoms with van der Waals surface area (Å²) in [6.07, 6.45) is 5.19. The van der Waals surface area contributed by atoms with Crippen LogP contribution in [0.2, 0.25) is 0 Å². The van der Waals surface area contributed by atoms with E-state index in [2.05, 4.69) is 22.1 Å². The maximum Gasteiger partial charge on any atom is 0.259 e. The number of rotatable bonds is 4. The van der Waals surface area contributed by atoms with Crippen molar-refractivity contribution in [2.24, 2.45) is 0 Å². The number of fused-ring (bicyclic) bond motifs is 1. The predicted octanol–water partition coefficient (Wildman–Crippen LogP) is 4.72. The normalized spacial score (nSPS) is 10.7. The lowest BCUT2D eigenvalue weighted by Gasteiger charge is -2.13. The molecule has 2 aromatic carbocycles. The van der Waals surface area contributed by atoms with Crippen molar-refractivity contribution in [2.45, 2.75) is 6.92 Å². The van der Waals surface area contributed by atoms with Crippen molar-refractivity contribution >= 4 is 50.9 Å². The summed E-state index contributed by atoms with van der Waals surface area (Å²) in [5.41, 5.74) is 2.60. The summed E-state index contributed by atoms with van der Waals surface area (Å²) < 4.78 is 17.9. The summed E-state index contributed by atoms with van der Waals surface area (Å²) in [7, 11) is 0. The second-order valence-electron chi connectivity index (χ2n) is 6.61. The number of amides is 1. The van der Waals surface area contributed by atoms with Gasteiger partial charge in [-0.15, -0.1) is 0 Å². The van der Waals surface area contributed by atoms with E-state index in [0.29, 0.717) is 11.3 Å². The van der Waals surface area contributed by atoms with E-state index in [-0.39, 0.29) is 16.7 Å². The zero-order chi connectivity index (χ0) is 21.4. The zero-order valence-electron chi connectivity index (χ0n) is 15.7. The van der Waals surface area contributed by atoms with Crippen LogP contribution < -0.4 is 5.32 Å². The van der Waals surface area contributed by atoms with Crippen LogP contribution in [0, 0.1) is 17.1 Å². The van der Waals surface area contributed by atoms with Crippen LogP contribution in [0.15, 0.2) is 55.5 Å². The molecule has 1 amide bonds. The van der Waals surface area contributed by atoms with Gasteiger partial charge in [0, 0.05) is 16.6 Å². The van der Waals surface area contributed by atoms with Crippen LogP contribution >= 0.6 is 22.9 Å². The number of carbonyl (C=O) groups excluding carboxylic acids is 1. The van der Waals surface area contributed by atoms with Gasteiger partial charge in [-0.3, -0.25) is 4.79 Å². The third-order valence-electron chi connectivity index (χ3n) is 4.54. The van der Waals surface area contributed by atoms with Gasteiger partial charge in [0.05, 0.1) is 64.2 Å². The number of nitrogens with one attached hydrogen (secondary N) is 1.